The summed E-state index contributed by atoms with van der Waals surface area (Å²) in [4.78, 5) is 30.4. The number of pyridine rings is 1. The first kappa shape index (κ1) is 31.4. The molecule has 0 radical (unpaired) electrons. The standard InChI is InChI=1S/C30H36F3N7O.CH2O2/c1-18(2)35-25-12-21(19(3)9-27-37-34-17-38(27)4)13-26(36-25)40-15-23-22(28(40)41)10-20(11-24(23)30(31,32)33)14-39-8-7-29(16-39)5-6-29;2-1-3/h10-13,17-19H,5-9,14-16H2,1-4H3,(H,35,36);1H,(H,2,3). The molecule has 2 N–H and O–H groups in total. The summed E-state index contributed by atoms with van der Waals surface area (Å²) in [5.41, 5.74) is 1.22. The SMILES string of the molecule is CC(C)Nc1cc(C(C)Cc2nncn2C)cc(N2Cc3c(cc(CN4CCC5(CC5)C4)cc3C(F)(F)F)C2=O)n1.O=CO. The number of hydrogen-bond acceptors (Lipinski definition) is 7. The highest BCUT2D eigenvalue weighted by Gasteiger charge is 2.47. The molecule has 2 fully saturated rings. The molecule has 13 heteroatoms. The van der Waals surface area contributed by atoms with Gasteiger partial charge in [-0.05, 0) is 91.9 Å². The lowest BCUT2D eigenvalue weighted by atomic mass is 9.97. The highest BCUT2D eigenvalue weighted by atomic mass is 19.4. The highest BCUT2D eigenvalue weighted by Crippen LogP contribution is 2.53. The van der Waals surface area contributed by atoms with Crippen LogP contribution < -0.4 is 10.2 Å². The van der Waals surface area contributed by atoms with Gasteiger partial charge >= 0.3 is 6.18 Å². The van der Waals surface area contributed by atoms with Crippen molar-refractivity contribution in [3.63, 3.8) is 0 Å². The zero-order valence-electron chi connectivity index (χ0n) is 25.4. The van der Waals surface area contributed by atoms with E-state index in [4.69, 9.17) is 9.90 Å². The average molecular weight is 614 g/mol. The smallest absolute Gasteiger partial charge is 0.416 e. The Morgan fingerprint density at radius 3 is 2.45 bits per heavy atom. The largest absolute Gasteiger partial charge is 0.483 e. The monoisotopic (exact) mass is 613 g/mol. The fourth-order valence-electron chi connectivity index (χ4n) is 6.22. The lowest BCUT2D eigenvalue weighted by Gasteiger charge is -2.21. The molecule has 44 heavy (non-hydrogen) atoms. The van der Waals surface area contributed by atoms with Crippen LogP contribution in [0.2, 0.25) is 0 Å². The molecule has 4 heterocycles. The minimum absolute atomic E-state index is 0.00000323. The topological polar surface area (TPSA) is 116 Å². The number of rotatable bonds is 8. The number of alkyl halides is 3. The maximum absolute atomic E-state index is 14.3. The molecule has 1 unspecified atom stereocenters. The average Bonchev–Trinajstić information content (AvgIpc) is 3.21. The van der Waals surface area contributed by atoms with Crippen LogP contribution in [0.5, 0.6) is 0 Å². The molecular formula is C31H38F3N7O3. The van der Waals surface area contributed by atoms with Crippen LogP contribution in [0.25, 0.3) is 0 Å². The Kier molecular flexibility index (Phi) is 8.70. The van der Waals surface area contributed by atoms with Crippen LogP contribution in [-0.4, -0.2) is 61.3 Å². The third kappa shape index (κ3) is 6.72. The van der Waals surface area contributed by atoms with Gasteiger partial charge in [-0.25, -0.2) is 4.98 Å². The fourth-order valence-corrected chi connectivity index (χ4v) is 6.22. The molecule has 1 saturated heterocycles. The van der Waals surface area contributed by atoms with E-state index in [1.165, 1.54) is 23.8 Å². The molecule has 1 spiro atoms. The highest BCUT2D eigenvalue weighted by molar-refractivity contribution is 6.10. The number of benzene rings is 1. The second-order valence-corrected chi connectivity index (χ2v) is 12.5. The van der Waals surface area contributed by atoms with E-state index in [0.717, 1.165) is 30.9 Å². The van der Waals surface area contributed by atoms with Crippen molar-refractivity contribution in [3.8, 4) is 0 Å². The Morgan fingerprint density at radius 2 is 1.86 bits per heavy atom. The van der Waals surface area contributed by atoms with Gasteiger partial charge in [-0.1, -0.05) is 6.92 Å². The van der Waals surface area contributed by atoms with E-state index in [1.807, 2.05) is 44.5 Å². The van der Waals surface area contributed by atoms with E-state index in [0.29, 0.717) is 35.6 Å². The predicted octanol–water partition coefficient (Wildman–Crippen LogP) is 5.24. The Balaban J connectivity index is 0.00000123. The van der Waals surface area contributed by atoms with E-state index in [2.05, 4.69) is 25.4 Å². The van der Waals surface area contributed by atoms with E-state index in [1.54, 1.807) is 12.4 Å². The Bertz CT molecular complexity index is 1530. The molecule has 3 aromatic rings. The van der Waals surface area contributed by atoms with Crippen molar-refractivity contribution in [2.24, 2.45) is 12.5 Å². The third-order valence-electron chi connectivity index (χ3n) is 8.70. The molecule has 0 bridgehead atoms. The van der Waals surface area contributed by atoms with Gasteiger partial charge in [0.25, 0.3) is 12.4 Å². The van der Waals surface area contributed by atoms with Gasteiger partial charge in [0.15, 0.2) is 0 Å². The number of amides is 1. The van der Waals surface area contributed by atoms with Crippen molar-refractivity contribution >= 4 is 24.0 Å². The molecule has 236 valence electrons. The summed E-state index contributed by atoms with van der Waals surface area (Å²) in [5.74, 6) is 1.27. The van der Waals surface area contributed by atoms with Gasteiger partial charge in [-0.3, -0.25) is 19.4 Å². The summed E-state index contributed by atoms with van der Waals surface area (Å²) in [7, 11) is 1.88. The zero-order chi connectivity index (χ0) is 31.8. The lowest BCUT2D eigenvalue weighted by molar-refractivity contribution is -0.138. The van der Waals surface area contributed by atoms with Gasteiger partial charge in [-0.15, -0.1) is 10.2 Å². The second-order valence-electron chi connectivity index (χ2n) is 12.5. The number of halogens is 3. The number of nitrogens with one attached hydrogen (secondary N) is 1. The second kappa shape index (κ2) is 12.2. The lowest BCUT2D eigenvalue weighted by Crippen LogP contribution is -2.25. The summed E-state index contributed by atoms with van der Waals surface area (Å²) in [6.07, 6.45) is 1.18. The van der Waals surface area contributed by atoms with Crippen molar-refractivity contribution in [2.75, 3.05) is 23.3 Å². The normalized spacial score (nSPS) is 17.9. The molecule has 10 nitrogen and oxygen atoms in total. The number of aryl methyl sites for hydroxylation is 1. The minimum atomic E-state index is -4.57. The van der Waals surface area contributed by atoms with Crippen molar-refractivity contribution in [1.82, 2.24) is 24.6 Å². The first-order chi connectivity index (χ1) is 20.8. The van der Waals surface area contributed by atoms with Gasteiger partial charge in [0.05, 0.1) is 12.1 Å². The number of carbonyl (C=O) groups excluding carboxylic acids is 1. The Morgan fingerprint density at radius 1 is 1.14 bits per heavy atom. The Labute approximate surface area is 254 Å². The van der Waals surface area contributed by atoms with Crippen LogP contribution in [0.4, 0.5) is 24.8 Å². The number of hydrogen-bond donors (Lipinski definition) is 2. The van der Waals surface area contributed by atoms with Crippen molar-refractivity contribution < 1.29 is 27.9 Å². The number of aromatic nitrogens is 4. The number of anilines is 2. The maximum Gasteiger partial charge on any atom is 0.416 e. The van der Waals surface area contributed by atoms with Crippen LogP contribution in [0.1, 0.15) is 84.4 Å². The van der Waals surface area contributed by atoms with Crippen LogP contribution in [0, 0.1) is 5.41 Å². The molecule has 1 amide bonds. The summed E-state index contributed by atoms with van der Waals surface area (Å²) in [6.45, 7) is 7.80. The number of carboxylic acid groups (broad SMARTS) is 1. The maximum atomic E-state index is 14.3. The van der Waals surface area contributed by atoms with Crippen LogP contribution in [-0.2, 0) is 37.5 Å². The van der Waals surface area contributed by atoms with Gasteiger partial charge in [-0.2, -0.15) is 13.2 Å². The predicted molar refractivity (Wildman–Crippen MR) is 158 cm³/mol. The van der Waals surface area contributed by atoms with Crippen LogP contribution >= 0.6 is 0 Å². The molecule has 2 aromatic heterocycles. The summed E-state index contributed by atoms with van der Waals surface area (Å²) in [6, 6.07) is 6.72. The third-order valence-corrected chi connectivity index (χ3v) is 8.70. The number of carbonyl (C=O) groups is 2. The number of fused-ring (bicyclic) bond motifs is 1. The first-order valence-electron chi connectivity index (χ1n) is 14.8. The quantitative estimate of drug-likeness (QED) is 0.332. The summed E-state index contributed by atoms with van der Waals surface area (Å²) in [5, 5.41) is 18.3. The Hall–Kier alpha value is -4.00. The van der Waals surface area contributed by atoms with Crippen LogP contribution in [0.15, 0.2) is 30.6 Å². The van der Waals surface area contributed by atoms with Gasteiger partial charge in [0.1, 0.15) is 23.8 Å². The van der Waals surface area contributed by atoms with Crippen molar-refractivity contribution in [1.29, 1.82) is 0 Å². The fraction of sp³-hybridized carbons (Fsp3) is 0.516. The van der Waals surface area contributed by atoms with E-state index in [-0.39, 0.29) is 36.1 Å². The summed E-state index contributed by atoms with van der Waals surface area (Å²) >= 11 is 0. The zero-order valence-corrected chi connectivity index (χ0v) is 25.4. The van der Waals surface area contributed by atoms with E-state index >= 15 is 0 Å². The van der Waals surface area contributed by atoms with Gasteiger partial charge < -0.3 is 15.0 Å². The number of likely N-dealkylation sites (tertiary alicyclic amines) is 1. The van der Waals surface area contributed by atoms with Crippen LogP contribution in [0.3, 0.4) is 0 Å². The molecule has 2 aliphatic heterocycles. The molecule has 1 aromatic carbocycles. The van der Waals surface area contributed by atoms with E-state index in [9.17, 15) is 18.0 Å². The van der Waals surface area contributed by atoms with Gasteiger partial charge in [0.2, 0.25) is 0 Å². The molecule has 3 aliphatic rings. The molecule has 1 aliphatic carbocycles. The number of nitrogens with zero attached hydrogens (tertiary/aromatic N) is 6. The molecule has 1 saturated carbocycles. The minimum Gasteiger partial charge on any atom is -0.483 e. The summed E-state index contributed by atoms with van der Waals surface area (Å²) < 4.78 is 44.9. The molecular weight excluding hydrogens is 575 g/mol. The van der Waals surface area contributed by atoms with E-state index < -0.39 is 17.6 Å². The van der Waals surface area contributed by atoms with Crippen molar-refractivity contribution in [3.05, 3.63) is 64.2 Å². The van der Waals surface area contributed by atoms with Crippen molar-refractivity contribution in [2.45, 2.75) is 77.7 Å². The first-order valence-corrected chi connectivity index (χ1v) is 14.8. The molecule has 1 atom stereocenters. The molecule has 6 rings (SSSR count). The van der Waals surface area contributed by atoms with Gasteiger partial charge in [0, 0.05) is 38.2 Å².